The van der Waals surface area contributed by atoms with Crippen LogP contribution < -0.4 is 0 Å². The molecule has 1 aromatic carbocycles. The van der Waals surface area contributed by atoms with Crippen molar-refractivity contribution >= 4 is 15.7 Å². The molecule has 0 unspecified atom stereocenters. The molecule has 36 heavy (non-hydrogen) atoms. The number of amides is 1. The number of hydrogen-bond acceptors (Lipinski definition) is 7. The molecular formula is C25H30N6O4S. The summed E-state index contributed by atoms with van der Waals surface area (Å²) in [6, 6.07) is 7.15. The van der Waals surface area contributed by atoms with E-state index in [9.17, 15) is 13.2 Å². The maximum absolute atomic E-state index is 13.6. The molecule has 0 saturated carbocycles. The zero-order valence-electron chi connectivity index (χ0n) is 20.1. The number of sulfone groups is 1. The summed E-state index contributed by atoms with van der Waals surface area (Å²) < 4.78 is 35.9. The summed E-state index contributed by atoms with van der Waals surface area (Å²) in [5.74, 6) is -0.419. The third-order valence-electron chi connectivity index (χ3n) is 7.38. The number of hydrogen-bond donors (Lipinski definition) is 0. The molecule has 0 radical (unpaired) electrons. The van der Waals surface area contributed by atoms with Crippen LogP contribution in [0.1, 0.15) is 34.9 Å². The average Bonchev–Trinajstić information content (AvgIpc) is 3.56. The van der Waals surface area contributed by atoms with E-state index >= 15 is 0 Å². The van der Waals surface area contributed by atoms with Crippen LogP contribution in [0.4, 0.5) is 0 Å². The first-order chi connectivity index (χ1) is 17.5. The van der Waals surface area contributed by atoms with E-state index in [1.54, 1.807) is 23.2 Å². The monoisotopic (exact) mass is 510 g/mol. The molecule has 1 amide bonds. The van der Waals surface area contributed by atoms with Crippen LogP contribution in [0.5, 0.6) is 0 Å². The molecule has 3 aromatic rings. The van der Waals surface area contributed by atoms with Gasteiger partial charge >= 0.3 is 0 Å². The number of carbonyl (C=O) groups is 1. The van der Waals surface area contributed by atoms with Crippen LogP contribution in [-0.2, 0) is 26.9 Å². The summed E-state index contributed by atoms with van der Waals surface area (Å²) in [5.41, 5.74) is 2.21. The first kappa shape index (κ1) is 23.4. The van der Waals surface area contributed by atoms with Crippen molar-refractivity contribution in [1.82, 2.24) is 29.1 Å². The Morgan fingerprint density at radius 3 is 2.75 bits per heavy atom. The van der Waals surface area contributed by atoms with Gasteiger partial charge in [0.15, 0.2) is 15.5 Å². The van der Waals surface area contributed by atoms with Crippen LogP contribution in [0.3, 0.4) is 0 Å². The molecule has 190 valence electrons. The van der Waals surface area contributed by atoms with E-state index in [1.807, 2.05) is 29.3 Å². The molecule has 10 nitrogen and oxygen atoms in total. The van der Waals surface area contributed by atoms with E-state index in [0.717, 1.165) is 44.7 Å². The minimum absolute atomic E-state index is 0.0513. The normalized spacial score (nSPS) is 21.7. The number of rotatable bonds is 5. The van der Waals surface area contributed by atoms with Crippen molar-refractivity contribution in [3.05, 3.63) is 54.2 Å². The number of aromatic nitrogens is 4. The number of ether oxygens (including phenoxy) is 1. The number of benzene rings is 1. The number of carbonyl (C=O) groups excluding carboxylic acids is 1. The van der Waals surface area contributed by atoms with Gasteiger partial charge in [-0.2, -0.15) is 5.10 Å². The predicted octanol–water partition coefficient (Wildman–Crippen LogP) is 1.84. The Balaban J connectivity index is 1.38. The smallest absolute Gasteiger partial charge is 0.274 e. The van der Waals surface area contributed by atoms with E-state index in [2.05, 4.69) is 14.5 Å². The maximum atomic E-state index is 13.6. The summed E-state index contributed by atoms with van der Waals surface area (Å²) in [6.45, 7) is 5.45. The number of fused-ring (bicyclic) bond motifs is 3. The highest BCUT2D eigenvalue weighted by Crippen LogP contribution is 2.41. The Labute approximate surface area is 210 Å². The first-order valence-corrected chi connectivity index (χ1v) is 14.1. The van der Waals surface area contributed by atoms with Gasteiger partial charge in [-0.3, -0.25) is 14.4 Å². The molecule has 5 heterocycles. The fraction of sp³-hybridized carbons (Fsp3) is 0.480. The molecular weight excluding hydrogens is 480 g/mol. The van der Waals surface area contributed by atoms with E-state index in [1.165, 1.54) is 0 Å². The van der Waals surface area contributed by atoms with Crippen LogP contribution in [0.25, 0.3) is 11.3 Å². The van der Waals surface area contributed by atoms with Gasteiger partial charge in [-0.1, -0.05) is 18.2 Å². The minimum Gasteiger partial charge on any atom is -0.378 e. The highest BCUT2D eigenvalue weighted by molar-refractivity contribution is 7.90. The number of morpholine rings is 1. The standard InChI is InChI=1S/C25H30N6O4S/c32-25(30-12-14-35-15-13-30)23-21-17-36(33,34)22-6-2-1-5-20(22)24(21)31(27-23)19-4-3-8-28(16-19)10-11-29-9-7-26-18-29/h1-2,5-7,9,18-19H,3-4,8,10-17H2/t19-/m0/s1. The van der Waals surface area contributed by atoms with Crippen LogP contribution in [-0.4, -0.2) is 89.4 Å². The molecule has 2 aromatic heterocycles. The molecule has 0 aliphatic carbocycles. The minimum atomic E-state index is -3.57. The highest BCUT2D eigenvalue weighted by Gasteiger charge is 2.38. The lowest BCUT2D eigenvalue weighted by atomic mass is 10.0. The van der Waals surface area contributed by atoms with Crippen molar-refractivity contribution in [1.29, 1.82) is 0 Å². The van der Waals surface area contributed by atoms with Gasteiger partial charge in [-0.05, 0) is 25.5 Å². The van der Waals surface area contributed by atoms with Gasteiger partial charge in [0.2, 0.25) is 0 Å². The molecule has 2 saturated heterocycles. The van der Waals surface area contributed by atoms with Crippen LogP contribution in [0.15, 0.2) is 47.9 Å². The van der Waals surface area contributed by atoms with E-state index < -0.39 is 9.84 Å². The average molecular weight is 511 g/mol. The van der Waals surface area contributed by atoms with Gasteiger partial charge in [-0.15, -0.1) is 0 Å². The molecule has 3 aliphatic heterocycles. The van der Waals surface area contributed by atoms with Gasteiger partial charge < -0.3 is 14.2 Å². The molecule has 1 atom stereocenters. The summed E-state index contributed by atoms with van der Waals surface area (Å²) in [6.07, 6.45) is 7.51. The Kier molecular flexibility index (Phi) is 6.14. The maximum Gasteiger partial charge on any atom is 0.274 e. The van der Waals surface area contributed by atoms with Gasteiger partial charge in [0.1, 0.15) is 0 Å². The third kappa shape index (κ3) is 4.25. The predicted molar refractivity (Wildman–Crippen MR) is 132 cm³/mol. The van der Waals surface area contributed by atoms with Crippen molar-refractivity contribution < 1.29 is 17.9 Å². The van der Waals surface area contributed by atoms with E-state index in [4.69, 9.17) is 9.84 Å². The molecule has 0 N–H and O–H groups in total. The Morgan fingerprint density at radius 2 is 1.94 bits per heavy atom. The van der Waals surface area contributed by atoms with Crippen molar-refractivity contribution in [3.8, 4) is 11.3 Å². The summed E-state index contributed by atoms with van der Waals surface area (Å²) in [5, 5.41) is 4.88. The SMILES string of the molecule is O=C(c1nn([C@H]2CCCN(CCn3ccnc3)C2)c2c1CS(=O)(=O)c1ccccc1-2)N1CCOCC1. The molecule has 2 fully saturated rings. The summed E-state index contributed by atoms with van der Waals surface area (Å²) in [4.78, 5) is 22.1. The zero-order chi connectivity index (χ0) is 24.7. The Hall–Kier alpha value is -3.02. The van der Waals surface area contributed by atoms with Crippen molar-refractivity contribution in [2.24, 2.45) is 0 Å². The third-order valence-corrected chi connectivity index (χ3v) is 9.08. The number of nitrogens with zero attached hydrogens (tertiary/aromatic N) is 6. The number of likely N-dealkylation sites (tertiary alicyclic amines) is 1. The fourth-order valence-electron chi connectivity index (χ4n) is 5.55. The second-order valence-electron chi connectivity index (χ2n) is 9.68. The van der Waals surface area contributed by atoms with Crippen LogP contribution in [0.2, 0.25) is 0 Å². The molecule has 11 heteroatoms. The van der Waals surface area contributed by atoms with Gasteiger partial charge in [-0.25, -0.2) is 13.4 Å². The van der Waals surface area contributed by atoms with Gasteiger partial charge in [0, 0.05) is 56.2 Å². The lowest BCUT2D eigenvalue weighted by Gasteiger charge is -2.34. The first-order valence-electron chi connectivity index (χ1n) is 12.5. The molecule has 3 aliphatic rings. The van der Waals surface area contributed by atoms with Gasteiger partial charge in [0.25, 0.3) is 5.91 Å². The summed E-state index contributed by atoms with van der Waals surface area (Å²) >= 11 is 0. The largest absolute Gasteiger partial charge is 0.378 e. The zero-order valence-corrected chi connectivity index (χ0v) is 20.9. The lowest BCUT2D eigenvalue weighted by Crippen LogP contribution is -2.41. The van der Waals surface area contributed by atoms with Crippen LogP contribution in [0, 0.1) is 0 Å². The topological polar surface area (TPSA) is 103 Å². The van der Waals surface area contributed by atoms with E-state index in [0.29, 0.717) is 42.3 Å². The molecule has 6 rings (SSSR count). The number of imidazole rings is 1. The lowest BCUT2D eigenvalue weighted by molar-refractivity contribution is 0.0297. The summed E-state index contributed by atoms with van der Waals surface area (Å²) in [7, 11) is -3.57. The Morgan fingerprint density at radius 1 is 1.11 bits per heavy atom. The quantitative estimate of drug-likeness (QED) is 0.516. The van der Waals surface area contributed by atoms with Crippen molar-refractivity contribution in [2.75, 3.05) is 45.9 Å². The molecule has 0 bridgehead atoms. The van der Waals surface area contributed by atoms with Crippen molar-refractivity contribution in [3.63, 3.8) is 0 Å². The Bertz CT molecular complexity index is 1360. The van der Waals surface area contributed by atoms with Gasteiger partial charge in [0.05, 0.1) is 41.9 Å². The second-order valence-corrected chi connectivity index (χ2v) is 11.6. The molecule has 0 spiro atoms. The second kappa shape index (κ2) is 9.45. The van der Waals surface area contributed by atoms with Crippen molar-refractivity contribution in [2.45, 2.75) is 36.1 Å². The van der Waals surface area contributed by atoms with E-state index in [-0.39, 0.29) is 23.4 Å². The van der Waals surface area contributed by atoms with Crippen LogP contribution >= 0.6 is 0 Å². The highest BCUT2D eigenvalue weighted by atomic mass is 32.2. The fourth-order valence-corrected chi connectivity index (χ4v) is 7.15. The number of piperidine rings is 1.